The summed E-state index contributed by atoms with van der Waals surface area (Å²) >= 11 is 0. The van der Waals surface area contributed by atoms with Crippen molar-refractivity contribution in [3.8, 4) is 6.07 Å². The molecule has 0 unspecified atom stereocenters. The molecule has 23 heavy (non-hydrogen) atoms. The van der Waals surface area contributed by atoms with Gasteiger partial charge in [0.1, 0.15) is 6.42 Å². The molecule has 1 atom stereocenters. The molecule has 2 aromatic carbocycles. The Morgan fingerprint density at radius 2 is 1.96 bits per heavy atom. The number of nitrogens with zero attached hydrogens (tertiary/aromatic N) is 2. The molecule has 4 heteroatoms. The van der Waals surface area contributed by atoms with Gasteiger partial charge in [0, 0.05) is 6.54 Å². The van der Waals surface area contributed by atoms with E-state index in [0.29, 0.717) is 6.54 Å². The van der Waals surface area contributed by atoms with Gasteiger partial charge in [0.2, 0.25) is 5.91 Å². The number of benzene rings is 2. The summed E-state index contributed by atoms with van der Waals surface area (Å²) in [5.41, 5.74) is 2.79. The topological polar surface area (TPSA) is 64.3 Å². The van der Waals surface area contributed by atoms with Crippen LogP contribution in [0.5, 0.6) is 0 Å². The number of aliphatic hydroxyl groups is 1. The van der Waals surface area contributed by atoms with Gasteiger partial charge in [0.15, 0.2) is 0 Å². The van der Waals surface area contributed by atoms with Crippen molar-refractivity contribution in [1.82, 2.24) is 4.90 Å². The number of aliphatic hydroxyl groups excluding tert-OH is 1. The predicted molar refractivity (Wildman–Crippen MR) is 88.2 cm³/mol. The quantitative estimate of drug-likeness (QED) is 0.892. The van der Waals surface area contributed by atoms with Gasteiger partial charge < -0.3 is 10.0 Å². The fourth-order valence-corrected chi connectivity index (χ4v) is 2.43. The molecule has 1 amide bonds. The third kappa shape index (κ3) is 4.94. The monoisotopic (exact) mass is 308 g/mol. The molecule has 2 aromatic rings. The molecule has 0 heterocycles. The first-order valence-electron chi connectivity index (χ1n) is 7.53. The molecular weight excluding hydrogens is 288 g/mol. The van der Waals surface area contributed by atoms with Crippen molar-refractivity contribution >= 4 is 5.91 Å². The molecule has 0 fully saturated rings. The van der Waals surface area contributed by atoms with Gasteiger partial charge in [-0.25, -0.2) is 0 Å². The Kier molecular flexibility index (Phi) is 5.90. The fourth-order valence-electron chi connectivity index (χ4n) is 2.43. The molecule has 0 radical (unpaired) electrons. The molecule has 0 bridgehead atoms. The van der Waals surface area contributed by atoms with Gasteiger partial charge in [0.05, 0.1) is 18.7 Å². The molecule has 4 nitrogen and oxygen atoms in total. The van der Waals surface area contributed by atoms with Gasteiger partial charge in [0.25, 0.3) is 0 Å². The summed E-state index contributed by atoms with van der Waals surface area (Å²) in [5.74, 6) is -0.275. The number of hydrogen-bond donors (Lipinski definition) is 1. The van der Waals surface area contributed by atoms with Crippen LogP contribution in [0.4, 0.5) is 0 Å². The second-order valence-corrected chi connectivity index (χ2v) is 5.52. The third-order valence-electron chi connectivity index (χ3n) is 3.62. The molecular formula is C19H20N2O2. The van der Waals surface area contributed by atoms with E-state index < -0.39 is 6.10 Å². The Bertz CT molecular complexity index is 692. The van der Waals surface area contributed by atoms with Gasteiger partial charge >= 0.3 is 0 Å². The van der Waals surface area contributed by atoms with Gasteiger partial charge in [-0.3, -0.25) is 4.79 Å². The lowest BCUT2D eigenvalue weighted by molar-refractivity contribution is -0.132. The normalized spacial score (nSPS) is 11.5. The highest BCUT2D eigenvalue weighted by Gasteiger charge is 2.19. The number of hydrogen-bond acceptors (Lipinski definition) is 3. The summed E-state index contributed by atoms with van der Waals surface area (Å²) in [4.78, 5) is 13.7. The van der Waals surface area contributed by atoms with Crippen LogP contribution in [-0.2, 0) is 11.3 Å². The van der Waals surface area contributed by atoms with Crippen molar-refractivity contribution in [2.75, 3.05) is 6.54 Å². The lowest BCUT2D eigenvalue weighted by atomic mass is 10.1. The first-order chi connectivity index (χ1) is 11.1. The smallest absolute Gasteiger partial charge is 0.237 e. The fraction of sp³-hybridized carbons (Fsp3) is 0.263. The summed E-state index contributed by atoms with van der Waals surface area (Å²) in [6.45, 7) is 2.50. The van der Waals surface area contributed by atoms with Crippen LogP contribution < -0.4 is 0 Å². The standard InChI is InChI=1S/C19H20N2O2/c1-15-6-5-9-17(12-15)18(22)14-21(19(23)10-11-20)13-16-7-3-2-4-8-16/h2-9,12,18,22H,10,13-14H2,1H3/t18-/m0/s1. The maximum atomic E-state index is 12.2. The lowest BCUT2D eigenvalue weighted by Crippen LogP contribution is -2.34. The zero-order valence-electron chi connectivity index (χ0n) is 13.1. The molecule has 1 N–H and O–H groups in total. The third-order valence-corrected chi connectivity index (χ3v) is 3.62. The van der Waals surface area contributed by atoms with Crippen LogP contribution in [0.2, 0.25) is 0 Å². The van der Waals surface area contributed by atoms with Gasteiger partial charge in [-0.2, -0.15) is 5.26 Å². The van der Waals surface area contributed by atoms with Crippen LogP contribution in [-0.4, -0.2) is 22.5 Å². The van der Waals surface area contributed by atoms with Crippen LogP contribution in [0, 0.1) is 18.3 Å². The van der Waals surface area contributed by atoms with E-state index in [1.54, 1.807) is 0 Å². The second kappa shape index (κ2) is 8.11. The maximum Gasteiger partial charge on any atom is 0.237 e. The average molecular weight is 308 g/mol. The van der Waals surface area contributed by atoms with Gasteiger partial charge in [-0.1, -0.05) is 60.2 Å². The Morgan fingerprint density at radius 3 is 2.61 bits per heavy atom. The van der Waals surface area contributed by atoms with Crippen molar-refractivity contribution < 1.29 is 9.90 Å². The van der Waals surface area contributed by atoms with Crippen molar-refractivity contribution in [3.63, 3.8) is 0 Å². The Morgan fingerprint density at radius 1 is 1.22 bits per heavy atom. The molecule has 2 rings (SSSR count). The minimum atomic E-state index is -0.777. The lowest BCUT2D eigenvalue weighted by Gasteiger charge is -2.25. The summed E-state index contributed by atoms with van der Waals surface area (Å²) in [6.07, 6.45) is -0.964. The molecule has 118 valence electrons. The summed E-state index contributed by atoms with van der Waals surface area (Å²) < 4.78 is 0. The Labute approximate surface area is 136 Å². The minimum absolute atomic E-state index is 0.166. The zero-order valence-corrected chi connectivity index (χ0v) is 13.1. The predicted octanol–water partition coefficient (Wildman–Crippen LogP) is 2.97. The summed E-state index contributed by atoms with van der Waals surface area (Å²) in [7, 11) is 0. The zero-order chi connectivity index (χ0) is 16.7. The number of rotatable bonds is 6. The number of nitriles is 1. The maximum absolute atomic E-state index is 12.2. The number of carbonyl (C=O) groups excluding carboxylic acids is 1. The molecule has 0 aliphatic carbocycles. The van der Waals surface area contributed by atoms with Gasteiger partial charge in [-0.15, -0.1) is 0 Å². The Balaban J connectivity index is 2.14. The molecule has 0 saturated heterocycles. The summed E-state index contributed by atoms with van der Waals surface area (Å²) in [5, 5.41) is 19.2. The van der Waals surface area contributed by atoms with Crippen LogP contribution in [0.1, 0.15) is 29.2 Å². The van der Waals surface area contributed by atoms with E-state index in [1.807, 2.05) is 67.6 Å². The number of carbonyl (C=O) groups is 1. The number of aryl methyl sites for hydroxylation is 1. The Hall–Kier alpha value is -2.64. The molecule has 0 aromatic heterocycles. The highest BCUT2D eigenvalue weighted by Crippen LogP contribution is 2.17. The van der Waals surface area contributed by atoms with E-state index in [9.17, 15) is 9.90 Å². The highest BCUT2D eigenvalue weighted by molar-refractivity contribution is 5.78. The van der Waals surface area contributed by atoms with E-state index in [0.717, 1.165) is 16.7 Å². The van der Waals surface area contributed by atoms with E-state index >= 15 is 0 Å². The average Bonchev–Trinajstić information content (AvgIpc) is 2.55. The minimum Gasteiger partial charge on any atom is -0.387 e. The molecule has 0 aliphatic heterocycles. The van der Waals surface area contributed by atoms with E-state index in [2.05, 4.69) is 0 Å². The number of amides is 1. The largest absolute Gasteiger partial charge is 0.387 e. The van der Waals surface area contributed by atoms with E-state index in [-0.39, 0.29) is 18.9 Å². The SMILES string of the molecule is Cc1cccc([C@@H](O)CN(Cc2ccccc2)C(=O)CC#N)c1. The highest BCUT2D eigenvalue weighted by atomic mass is 16.3. The van der Waals surface area contributed by atoms with Crippen LogP contribution in [0.3, 0.4) is 0 Å². The first-order valence-corrected chi connectivity index (χ1v) is 7.53. The van der Waals surface area contributed by atoms with Crippen molar-refractivity contribution in [2.24, 2.45) is 0 Å². The molecule has 0 spiro atoms. The second-order valence-electron chi connectivity index (χ2n) is 5.52. The van der Waals surface area contributed by atoms with Crippen LogP contribution >= 0.6 is 0 Å². The van der Waals surface area contributed by atoms with Crippen LogP contribution in [0.25, 0.3) is 0 Å². The summed E-state index contributed by atoms with van der Waals surface area (Å²) in [6, 6.07) is 19.0. The van der Waals surface area contributed by atoms with E-state index in [1.165, 1.54) is 4.90 Å². The van der Waals surface area contributed by atoms with Crippen molar-refractivity contribution in [2.45, 2.75) is 26.0 Å². The molecule has 0 saturated carbocycles. The van der Waals surface area contributed by atoms with Crippen molar-refractivity contribution in [1.29, 1.82) is 5.26 Å². The first kappa shape index (κ1) is 16.7. The van der Waals surface area contributed by atoms with E-state index in [4.69, 9.17) is 5.26 Å². The van der Waals surface area contributed by atoms with Crippen molar-refractivity contribution in [3.05, 3.63) is 71.3 Å². The van der Waals surface area contributed by atoms with Crippen LogP contribution in [0.15, 0.2) is 54.6 Å². The van der Waals surface area contributed by atoms with Gasteiger partial charge in [-0.05, 0) is 18.1 Å². The molecule has 0 aliphatic rings.